The summed E-state index contributed by atoms with van der Waals surface area (Å²) < 4.78 is 0. The molecule has 2 heterocycles. The largest absolute Gasteiger partial charge is 0.351 e. The van der Waals surface area contributed by atoms with Crippen LogP contribution in [0.3, 0.4) is 0 Å². The van der Waals surface area contributed by atoms with Crippen molar-refractivity contribution in [3.8, 4) is 0 Å². The standard InChI is InChI=1S/C20H29ClN4O2.ClH/c1-12-9-23-17(10-22-12)16(24-13(2)26)8-19(27)25-11-20(3,4)15-6-5-14(21)7-18(15)25;/h5-7,12,16-17,22-23H,8-11H2,1-4H3,(H,24,26);1H/t12-,16?,17-;/m1./s1. The Kier molecular flexibility index (Phi) is 7.37. The number of piperazine rings is 1. The van der Waals surface area contributed by atoms with E-state index in [2.05, 4.69) is 36.7 Å². The summed E-state index contributed by atoms with van der Waals surface area (Å²) in [5.74, 6) is -0.123. The molecule has 3 rings (SSSR count). The molecule has 0 radical (unpaired) electrons. The smallest absolute Gasteiger partial charge is 0.229 e. The number of nitrogens with zero attached hydrogens (tertiary/aromatic N) is 1. The highest BCUT2D eigenvalue weighted by Crippen LogP contribution is 2.42. The Morgan fingerprint density at radius 3 is 2.64 bits per heavy atom. The highest BCUT2D eigenvalue weighted by atomic mass is 35.5. The van der Waals surface area contributed by atoms with Gasteiger partial charge in [0.05, 0.1) is 6.04 Å². The second kappa shape index (κ2) is 8.99. The summed E-state index contributed by atoms with van der Waals surface area (Å²) in [6.07, 6.45) is 0.245. The van der Waals surface area contributed by atoms with Crippen molar-refractivity contribution in [3.63, 3.8) is 0 Å². The van der Waals surface area contributed by atoms with Gasteiger partial charge >= 0.3 is 0 Å². The molecule has 6 nitrogen and oxygen atoms in total. The summed E-state index contributed by atoms with van der Waals surface area (Å²) >= 11 is 6.18. The molecule has 3 N–H and O–H groups in total. The zero-order chi connectivity index (χ0) is 19.8. The topological polar surface area (TPSA) is 73.5 Å². The lowest BCUT2D eigenvalue weighted by atomic mass is 9.87. The molecule has 1 aromatic rings. The molecule has 3 atom stereocenters. The average Bonchev–Trinajstić information content (AvgIpc) is 2.85. The molecule has 1 unspecified atom stereocenters. The van der Waals surface area contributed by atoms with E-state index < -0.39 is 0 Å². The molecule has 1 saturated heterocycles. The Bertz CT molecular complexity index is 733. The zero-order valence-electron chi connectivity index (χ0n) is 16.8. The molecular formula is C20H30Cl2N4O2. The molecule has 1 fully saturated rings. The Hall–Kier alpha value is -1.34. The normalized spacial score (nSPS) is 24.1. The van der Waals surface area contributed by atoms with Crippen LogP contribution >= 0.6 is 24.0 Å². The van der Waals surface area contributed by atoms with Crippen LogP contribution in [0.1, 0.15) is 39.7 Å². The molecule has 0 aromatic heterocycles. The average molecular weight is 429 g/mol. The van der Waals surface area contributed by atoms with E-state index in [9.17, 15) is 9.59 Å². The number of halogens is 2. The fourth-order valence-corrected chi connectivity index (χ4v) is 4.19. The SMILES string of the molecule is CC(=O)NC(CC(=O)N1CC(C)(C)c2ccc(Cl)cc21)[C@H]1CN[C@H](C)CN1.Cl. The number of rotatable bonds is 4. The van der Waals surface area contributed by atoms with Gasteiger partial charge in [0.1, 0.15) is 0 Å². The zero-order valence-corrected chi connectivity index (χ0v) is 18.4. The molecule has 2 aliphatic heterocycles. The molecule has 0 spiro atoms. The highest BCUT2D eigenvalue weighted by Gasteiger charge is 2.39. The molecule has 0 saturated carbocycles. The van der Waals surface area contributed by atoms with Gasteiger partial charge in [-0.2, -0.15) is 0 Å². The minimum atomic E-state index is -0.263. The van der Waals surface area contributed by atoms with Gasteiger partial charge in [0.25, 0.3) is 0 Å². The minimum Gasteiger partial charge on any atom is -0.351 e. The first kappa shape index (κ1) is 22.9. The maximum Gasteiger partial charge on any atom is 0.229 e. The molecule has 28 heavy (non-hydrogen) atoms. The van der Waals surface area contributed by atoms with Crippen LogP contribution in [-0.2, 0) is 15.0 Å². The molecule has 2 aliphatic rings. The lowest BCUT2D eigenvalue weighted by Crippen LogP contribution is -2.62. The summed E-state index contributed by atoms with van der Waals surface area (Å²) in [5.41, 5.74) is 1.88. The Balaban J connectivity index is 0.00000280. The van der Waals surface area contributed by atoms with E-state index >= 15 is 0 Å². The number of nitrogens with one attached hydrogen (secondary N) is 3. The van der Waals surface area contributed by atoms with Crippen LogP contribution in [0.15, 0.2) is 18.2 Å². The number of hydrogen-bond donors (Lipinski definition) is 3. The quantitative estimate of drug-likeness (QED) is 0.687. The fourth-order valence-electron chi connectivity index (χ4n) is 4.03. The van der Waals surface area contributed by atoms with Gasteiger partial charge < -0.3 is 20.9 Å². The molecule has 8 heteroatoms. The van der Waals surface area contributed by atoms with Crippen molar-refractivity contribution in [3.05, 3.63) is 28.8 Å². The first-order valence-corrected chi connectivity index (χ1v) is 9.89. The third-order valence-electron chi connectivity index (χ3n) is 5.48. The van der Waals surface area contributed by atoms with Crippen molar-refractivity contribution in [1.29, 1.82) is 0 Å². The summed E-state index contributed by atoms with van der Waals surface area (Å²) in [6, 6.07) is 5.87. The molecule has 2 amide bonds. The van der Waals surface area contributed by atoms with Gasteiger partial charge in [-0.25, -0.2) is 0 Å². The fraction of sp³-hybridized carbons (Fsp3) is 0.600. The number of carbonyl (C=O) groups excluding carboxylic acids is 2. The first-order valence-electron chi connectivity index (χ1n) is 9.51. The van der Waals surface area contributed by atoms with Gasteiger partial charge in [-0.1, -0.05) is 31.5 Å². The van der Waals surface area contributed by atoms with Crippen LogP contribution in [0, 0.1) is 0 Å². The third kappa shape index (κ3) is 4.98. The van der Waals surface area contributed by atoms with Gasteiger partial charge in [-0.05, 0) is 24.6 Å². The summed E-state index contributed by atoms with van der Waals surface area (Å²) in [6.45, 7) is 10.00. The van der Waals surface area contributed by atoms with Gasteiger partial charge in [-0.15, -0.1) is 12.4 Å². The van der Waals surface area contributed by atoms with Crippen LogP contribution in [0.25, 0.3) is 0 Å². The van der Waals surface area contributed by atoms with Crippen molar-refractivity contribution in [2.75, 3.05) is 24.5 Å². The second-order valence-electron chi connectivity index (χ2n) is 8.36. The molecule has 1 aromatic carbocycles. The van der Waals surface area contributed by atoms with Crippen LogP contribution in [-0.4, -0.2) is 49.6 Å². The maximum absolute atomic E-state index is 13.2. The van der Waals surface area contributed by atoms with Gasteiger partial charge in [-0.3, -0.25) is 9.59 Å². The lowest BCUT2D eigenvalue weighted by molar-refractivity contribution is -0.121. The number of carbonyl (C=O) groups is 2. The van der Waals surface area contributed by atoms with E-state index in [-0.39, 0.29) is 48.1 Å². The number of benzene rings is 1. The third-order valence-corrected chi connectivity index (χ3v) is 5.71. The van der Waals surface area contributed by atoms with Crippen molar-refractivity contribution < 1.29 is 9.59 Å². The summed E-state index contributed by atoms with van der Waals surface area (Å²) in [5, 5.41) is 10.4. The van der Waals surface area contributed by atoms with Crippen molar-refractivity contribution in [2.45, 2.75) is 57.7 Å². The van der Waals surface area contributed by atoms with Gasteiger partial charge in [0.15, 0.2) is 0 Å². The van der Waals surface area contributed by atoms with Crippen LogP contribution < -0.4 is 20.9 Å². The second-order valence-corrected chi connectivity index (χ2v) is 8.80. The van der Waals surface area contributed by atoms with E-state index in [4.69, 9.17) is 11.6 Å². The van der Waals surface area contributed by atoms with Gasteiger partial charge in [0.2, 0.25) is 11.8 Å². The molecule has 0 bridgehead atoms. The Morgan fingerprint density at radius 1 is 1.32 bits per heavy atom. The van der Waals surface area contributed by atoms with E-state index in [0.29, 0.717) is 24.2 Å². The molecule has 0 aliphatic carbocycles. The molecular weight excluding hydrogens is 399 g/mol. The lowest BCUT2D eigenvalue weighted by Gasteiger charge is -2.35. The van der Waals surface area contributed by atoms with E-state index in [1.165, 1.54) is 6.92 Å². The number of fused-ring (bicyclic) bond motifs is 1. The van der Waals surface area contributed by atoms with Crippen LogP contribution in [0.2, 0.25) is 5.02 Å². The van der Waals surface area contributed by atoms with Crippen LogP contribution in [0.4, 0.5) is 5.69 Å². The van der Waals surface area contributed by atoms with Crippen LogP contribution in [0.5, 0.6) is 0 Å². The number of hydrogen-bond acceptors (Lipinski definition) is 4. The predicted octanol–water partition coefficient (Wildman–Crippen LogP) is 2.23. The van der Waals surface area contributed by atoms with E-state index in [0.717, 1.165) is 17.8 Å². The Labute approximate surface area is 178 Å². The Morgan fingerprint density at radius 2 is 2.04 bits per heavy atom. The monoisotopic (exact) mass is 428 g/mol. The summed E-state index contributed by atoms with van der Waals surface area (Å²) in [7, 11) is 0. The minimum absolute atomic E-state index is 0. The van der Waals surface area contributed by atoms with E-state index in [1.807, 2.05) is 23.1 Å². The summed E-state index contributed by atoms with van der Waals surface area (Å²) in [4.78, 5) is 26.7. The van der Waals surface area contributed by atoms with Crippen molar-refractivity contribution >= 4 is 41.5 Å². The molecule has 156 valence electrons. The number of anilines is 1. The maximum atomic E-state index is 13.2. The van der Waals surface area contributed by atoms with Crippen molar-refractivity contribution in [2.24, 2.45) is 0 Å². The predicted molar refractivity (Wildman–Crippen MR) is 116 cm³/mol. The first-order chi connectivity index (χ1) is 12.7. The highest BCUT2D eigenvalue weighted by molar-refractivity contribution is 6.31. The van der Waals surface area contributed by atoms with Crippen molar-refractivity contribution in [1.82, 2.24) is 16.0 Å². The number of amides is 2. The van der Waals surface area contributed by atoms with Gasteiger partial charge in [0, 0.05) is 61.2 Å². The van der Waals surface area contributed by atoms with E-state index in [1.54, 1.807) is 0 Å².